The van der Waals surface area contributed by atoms with Crippen molar-refractivity contribution in [3.05, 3.63) is 15.9 Å². The number of hydrogen-bond acceptors (Lipinski definition) is 3. The van der Waals surface area contributed by atoms with E-state index < -0.39 is 5.60 Å². The summed E-state index contributed by atoms with van der Waals surface area (Å²) in [6.45, 7) is 5.24. The first-order valence-electron chi connectivity index (χ1n) is 6.45. The molecule has 0 amide bonds. The molecule has 18 heavy (non-hydrogen) atoms. The van der Waals surface area contributed by atoms with Gasteiger partial charge >= 0.3 is 0 Å². The van der Waals surface area contributed by atoms with Crippen LogP contribution in [0.1, 0.15) is 31.2 Å². The van der Waals surface area contributed by atoms with Crippen molar-refractivity contribution in [2.24, 2.45) is 5.92 Å². The average Bonchev–Trinajstić information content (AvgIpc) is 3.14. The highest BCUT2D eigenvalue weighted by Crippen LogP contribution is 2.42. The van der Waals surface area contributed by atoms with Crippen LogP contribution in [0, 0.1) is 12.8 Å². The van der Waals surface area contributed by atoms with E-state index in [4.69, 9.17) is 4.74 Å². The van der Waals surface area contributed by atoms with Crippen LogP contribution in [0.3, 0.4) is 0 Å². The van der Waals surface area contributed by atoms with Crippen molar-refractivity contribution in [1.29, 1.82) is 0 Å². The number of rotatable bonds is 6. The van der Waals surface area contributed by atoms with E-state index in [9.17, 15) is 5.11 Å². The second kappa shape index (κ2) is 5.31. The lowest BCUT2D eigenvalue weighted by atomic mass is 9.92. The monoisotopic (exact) mass is 316 g/mol. The molecular weight excluding hydrogens is 296 g/mol. The Morgan fingerprint density at radius 2 is 2.22 bits per heavy atom. The van der Waals surface area contributed by atoms with Gasteiger partial charge < -0.3 is 9.84 Å². The van der Waals surface area contributed by atoms with Gasteiger partial charge in [-0.15, -0.1) is 0 Å². The van der Waals surface area contributed by atoms with Gasteiger partial charge in [0, 0.05) is 20.1 Å². The molecule has 1 N–H and O–H groups in total. The summed E-state index contributed by atoms with van der Waals surface area (Å²) in [7, 11) is 1.64. The van der Waals surface area contributed by atoms with Crippen LogP contribution in [0.25, 0.3) is 0 Å². The minimum Gasteiger partial charge on any atom is -0.387 e. The van der Waals surface area contributed by atoms with E-state index in [2.05, 4.69) is 28.0 Å². The van der Waals surface area contributed by atoms with E-state index in [1.54, 1.807) is 7.11 Å². The van der Waals surface area contributed by atoms with Gasteiger partial charge in [-0.1, -0.05) is 0 Å². The quantitative estimate of drug-likeness (QED) is 0.876. The number of methoxy groups -OCH3 is 1. The maximum Gasteiger partial charge on any atom is 0.0963 e. The third kappa shape index (κ3) is 2.63. The lowest BCUT2D eigenvalue weighted by molar-refractivity contribution is -0.0487. The van der Waals surface area contributed by atoms with E-state index >= 15 is 0 Å². The molecule has 102 valence electrons. The van der Waals surface area contributed by atoms with Crippen LogP contribution >= 0.6 is 15.9 Å². The Kier molecular flexibility index (Phi) is 4.14. The van der Waals surface area contributed by atoms with E-state index in [0.29, 0.717) is 18.9 Å². The third-order valence-corrected chi connectivity index (χ3v) is 4.69. The van der Waals surface area contributed by atoms with Crippen molar-refractivity contribution < 1.29 is 9.84 Å². The molecule has 4 nitrogen and oxygen atoms in total. The second-order valence-corrected chi connectivity index (χ2v) is 5.94. The summed E-state index contributed by atoms with van der Waals surface area (Å²) in [5.41, 5.74) is 1.29. The molecule has 0 aliphatic heterocycles. The zero-order valence-electron chi connectivity index (χ0n) is 11.2. The van der Waals surface area contributed by atoms with E-state index in [0.717, 1.165) is 35.2 Å². The first kappa shape index (κ1) is 14.0. The summed E-state index contributed by atoms with van der Waals surface area (Å²) >= 11 is 3.58. The van der Waals surface area contributed by atoms with Crippen molar-refractivity contribution >= 4 is 15.9 Å². The van der Waals surface area contributed by atoms with Crippen molar-refractivity contribution in [3.8, 4) is 0 Å². The summed E-state index contributed by atoms with van der Waals surface area (Å²) in [5.74, 6) is 0.366. The van der Waals surface area contributed by atoms with Gasteiger partial charge in [0.05, 0.1) is 28.1 Å². The average molecular weight is 317 g/mol. The van der Waals surface area contributed by atoms with Crippen LogP contribution in [0.2, 0.25) is 0 Å². The minimum atomic E-state index is -0.753. The molecule has 2 rings (SSSR count). The molecule has 0 saturated heterocycles. The number of aromatic nitrogens is 2. The first-order chi connectivity index (χ1) is 8.51. The molecule has 1 fully saturated rings. The van der Waals surface area contributed by atoms with Crippen molar-refractivity contribution in [3.63, 3.8) is 0 Å². The Labute approximate surface area is 116 Å². The smallest absolute Gasteiger partial charge is 0.0963 e. The molecule has 1 heterocycles. The predicted molar refractivity (Wildman–Crippen MR) is 73.6 cm³/mol. The zero-order chi connectivity index (χ0) is 13.3. The molecule has 0 spiro atoms. The summed E-state index contributed by atoms with van der Waals surface area (Å²) in [5, 5.41) is 15.2. The van der Waals surface area contributed by atoms with E-state index in [1.165, 1.54) is 0 Å². The topological polar surface area (TPSA) is 47.3 Å². The standard InChI is InChI=1S/C13H21BrN2O2/c1-4-16-11(12(14)9(2)15-16)7-13(17,8-18-3)10-5-6-10/h10,17H,4-8H2,1-3H3. The number of hydrogen-bond donors (Lipinski definition) is 1. The van der Waals surface area contributed by atoms with Crippen LogP contribution < -0.4 is 0 Å². The molecule has 1 saturated carbocycles. The predicted octanol–water partition coefficient (Wildman–Crippen LogP) is 2.30. The fraction of sp³-hybridized carbons (Fsp3) is 0.769. The van der Waals surface area contributed by atoms with Gasteiger partial charge in [0.25, 0.3) is 0 Å². The number of nitrogens with zero attached hydrogens (tertiary/aromatic N) is 2. The lowest BCUT2D eigenvalue weighted by Gasteiger charge is -2.27. The third-order valence-electron chi connectivity index (χ3n) is 3.66. The summed E-state index contributed by atoms with van der Waals surface area (Å²) in [6, 6.07) is 0. The zero-order valence-corrected chi connectivity index (χ0v) is 12.8. The highest BCUT2D eigenvalue weighted by Gasteiger charge is 2.44. The molecule has 1 aliphatic carbocycles. The molecule has 1 unspecified atom stereocenters. The molecule has 1 atom stereocenters. The number of aryl methyl sites for hydroxylation is 2. The van der Waals surface area contributed by atoms with Gasteiger partial charge in [0.2, 0.25) is 0 Å². The summed E-state index contributed by atoms with van der Waals surface area (Å²) < 4.78 is 8.18. The van der Waals surface area contributed by atoms with Gasteiger partial charge in [0.1, 0.15) is 0 Å². The van der Waals surface area contributed by atoms with E-state index in [1.807, 2.05) is 11.6 Å². The Bertz CT molecular complexity index is 429. The van der Waals surface area contributed by atoms with Crippen molar-refractivity contribution in [2.75, 3.05) is 13.7 Å². The maximum atomic E-state index is 10.8. The highest BCUT2D eigenvalue weighted by atomic mass is 79.9. The van der Waals surface area contributed by atoms with E-state index in [-0.39, 0.29) is 0 Å². The van der Waals surface area contributed by atoms with Crippen molar-refractivity contribution in [1.82, 2.24) is 9.78 Å². The Morgan fingerprint density at radius 1 is 1.56 bits per heavy atom. The fourth-order valence-corrected chi connectivity index (χ4v) is 2.94. The number of ether oxygens (including phenoxy) is 1. The van der Waals surface area contributed by atoms with Gasteiger partial charge in [0.15, 0.2) is 0 Å². The second-order valence-electron chi connectivity index (χ2n) is 5.15. The normalized spacial score (nSPS) is 18.9. The van der Waals surface area contributed by atoms with Crippen molar-refractivity contribution in [2.45, 2.75) is 45.3 Å². The Hall–Kier alpha value is -0.390. The van der Waals surface area contributed by atoms with Gasteiger partial charge in [-0.25, -0.2) is 0 Å². The summed E-state index contributed by atoms with van der Waals surface area (Å²) in [4.78, 5) is 0. The molecule has 0 aromatic carbocycles. The van der Waals surface area contributed by atoms with Crippen LogP contribution in [-0.2, 0) is 17.7 Å². The molecule has 5 heteroatoms. The van der Waals surface area contributed by atoms with Crippen LogP contribution in [0.4, 0.5) is 0 Å². The highest BCUT2D eigenvalue weighted by molar-refractivity contribution is 9.10. The minimum absolute atomic E-state index is 0.366. The molecule has 1 aromatic heterocycles. The summed E-state index contributed by atoms with van der Waals surface area (Å²) in [6.07, 6.45) is 2.79. The fourth-order valence-electron chi connectivity index (χ4n) is 2.51. The Morgan fingerprint density at radius 3 is 2.72 bits per heavy atom. The SMILES string of the molecule is CCn1nc(C)c(Br)c1CC(O)(COC)C1CC1. The molecular formula is C13H21BrN2O2. The molecule has 1 aliphatic rings. The Balaban J connectivity index is 2.25. The lowest BCUT2D eigenvalue weighted by Crippen LogP contribution is -2.40. The van der Waals surface area contributed by atoms with Gasteiger partial charge in [-0.3, -0.25) is 4.68 Å². The largest absolute Gasteiger partial charge is 0.387 e. The van der Waals surface area contributed by atoms with Gasteiger partial charge in [-0.05, 0) is 48.5 Å². The molecule has 0 radical (unpaired) electrons. The van der Waals surface area contributed by atoms with Crippen LogP contribution in [0.5, 0.6) is 0 Å². The van der Waals surface area contributed by atoms with Crippen LogP contribution in [-0.4, -0.2) is 34.2 Å². The first-order valence-corrected chi connectivity index (χ1v) is 7.24. The maximum absolute atomic E-state index is 10.8. The molecule has 1 aromatic rings. The molecule has 0 bridgehead atoms. The number of halogens is 1. The number of aliphatic hydroxyl groups is 1. The van der Waals surface area contributed by atoms with Gasteiger partial charge in [-0.2, -0.15) is 5.10 Å². The van der Waals surface area contributed by atoms with Crippen LogP contribution in [0.15, 0.2) is 4.47 Å².